The molecule has 0 saturated heterocycles. The smallest absolute Gasteiger partial charge is 0.342 e. The summed E-state index contributed by atoms with van der Waals surface area (Å²) in [5.41, 5.74) is 1.22. The van der Waals surface area contributed by atoms with E-state index in [9.17, 15) is 9.59 Å². The number of benzene rings is 3. The molecule has 0 N–H and O–H groups in total. The summed E-state index contributed by atoms with van der Waals surface area (Å²) in [6.45, 7) is 0.0474. The molecule has 28 heavy (non-hydrogen) atoms. The van der Waals surface area contributed by atoms with Crippen LogP contribution < -0.4 is 4.74 Å². The molecule has 3 aromatic carbocycles. The highest BCUT2D eigenvalue weighted by Crippen LogP contribution is 2.26. The van der Waals surface area contributed by atoms with Crippen molar-refractivity contribution in [1.82, 2.24) is 4.90 Å². The third kappa shape index (κ3) is 4.61. The van der Waals surface area contributed by atoms with Gasteiger partial charge in [-0.05, 0) is 40.6 Å². The Morgan fingerprint density at radius 1 is 1.00 bits per heavy atom. The summed E-state index contributed by atoms with van der Waals surface area (Å²) in [4.78, 5) is 26.3. The van der Waals surface area contributed by atoms with Crippen LogP contribution in [0.4, 0.5) is 0 Å². The molecule has 1 amide bonds. The van der Waals surface area contributed by atoms with Crippen molar-refractivity contribution < 1.29 is 19.1 Å². The number of esters is 1. The van der Waals surface area contributed by atoms with E-state index in [1.54, 1.807) is 31.3 Å². The van der Waals surface area contributed by atoms with Crippen molar-refractivity contribution in [3.8, 4) is 5.75 Å². The molecule has 3 aromatic rings. The molecule has 0 aliphatic carbocycles. The molecule has 0 aliphatic rings. The molecule has 0 saturated carbocycles. The highest BCUT2D eigenvalue weighted by molar-refractivity contribution is 6.30. The van der Waals surface area contributed by atoms with E-state index in [2.05, 4.69) is 0 Å². The van der Waals surface area contributed by atoms with Gasteiger partial charge >= 0.3 is 5.97 Å². The van der Waals surface area contributed by atoms with Gasteiger partial charge in [-0.1, -0.05) is 48.0 Å². The molecule has 0 bridgehead atoms. The van der Waals surface area contributed by atoms with Crippen molar-refractivity contribution in [3.05, 3.63) is 76.8 Å². The first-order valence-electron chi connectivity index (χ1n) is 8.70. The molecule has 6 heteroatoms. The Balaban J connectivity index is 1.65. The van der Waals surface area contributed by atoms with Crippen molar-refractivity contribution in [2.24, 2.45) is 0 Å². The number of ether oxygens (including phenoxy) is 2. The predicted molar refractivity (Wildman–Crippen MR) is 109 cm³/mol. The van der Waals surface area contributed by atoms with Gasteiger partial charge in [-0.2, -0.15) is 0 Å². The number of nitrogens with zero attached hydrogens (tertiary/aromatic N) is 1. The molecule has 0 atom stereocenters. The number of hydrogen-bond acceptors (Lipinski definition) is 4. The monoisotopic (exact) mass is 397 g/mol. The lowest BCUT2D eigenvalue weighted by molar-refractivity contribution is -0.133. The van der Waals surface area contributed by atoms with Gasteiger partial charge in [0, 0.05) is 18.6 Å². The second-order valence-corrected chi connectivity index (χ2v) is 6.79. The van der Waals surface area contributed by atoms with E-state index in [1.165, 1.54) is 12.0 Å². The van der Waals surface area contributed by atoms with Crippen LogP contribution in [0.2, 0.25) is 5.02 Å². The van der Waals surface area contributed by atoms with Crippen LogP contribution in [-0.2, 0) is 16.1 Å². The molecule has 0 spiro atoms. The summed E-state index contributed by atoms with van der Waals surface area (Å²) < 4.78 is 10.5. The first-order valence-corrected chi connectivity index (χ1v) is 9.08. The SMILES string of the molecule is COc1cc2ccccc2cc1C(=O)OCC(=O)N(C)Cc1ccc(Cl)cc1. The first-order chi connectivity index (χ1) is 13.5. The molecule has 0 unspecified atom stereocenters. The van der Waals surface area contributed by atoms with E-state index >= 15 is 0 Å². The number of fused-ring (bicyclic) bond motifs is 1. The topological polar surface area (TPSA) is 55.8 Å². The largest absolute Gasteiger partial charge is 0.496 e. The summed E-state index contributed by atoms with van der Waals surface area (Å²) >= 11 is 5.87. The average molecular weight is 398 g/mol. The van der Waals surface area contributed by atoms with E-state index in [0.717, 1.165) is 16.3 Å². The van der Waals surface area contributed by atoms with E-state index < -0.39 is 5.97 Å². The zero-order valence-electron chi connectivity index (χ0n) is 15.6. The fraction of sp³-hybridized carbons (Fsp3) is 0.182. The lowest BCUT2D eigenvalue weighted by Gasteiger charge is -2.17. The second kappa shape index (κ2) is 8.76. The van der Waals surface area contributed by atoms with Gasteiger partial charge < -0.3 is 14.4 Å². The van der Waals surface area contributed by atoms with Crippen LogP contribution in [-0.4, -0.2) is 37.5 Å². The normalized spacial score (nSPS) is 10.5. The van der Waals surface area contributed by atoms with Gasteiger partial charge in [0.25, 0.3) is 5.91 Å². The van der Waals surface area contributed by atoms with Crippen LogP contribution in [0.25, 0.3) is 10.8 Å². The molecule has 0 aliphatic heterocycles. The summed E-state index contributed by atoms with van der Waals surface area (Å²) in [5, 5.41) is 2.48. The van der Waals surface area contributed by atoms with E-state index in [-0.39, 0.29) is 18.1 Å². The van der Waals surface area contributed by atoms with Crippen LogP contribution in [0.3, 0.4) is 0 Å². The fourth-order valence-corrected chi connectivity index (χ4v) is 2.94. The van der Waals surface area contributed by atoms with Crippen LogP contribution in [0.15, 0.2) is 60.7 Å². The van der Waals surface area contributed by atoms with E-state index in [4.69, 9.17) is 21.1 Å². The van der Waals surface area contributed by atoms with Gasteiger partial charge in [0.2, 0.25) is 0 Å². The lowest BCUT2D eigenvalue weighted by Crippen LogP contribution is -2.30. The van der Waals surface area contributed by atoms with E-state index in [1.807, 2.05) is 36.4 Å². The molecule has 0 aromatic heterocycles. The Labute approximate surface area is 168 Å². The van der Waals surface area contributed by atoms with Gasteiger partial charge in [-0.3, -0.25) is 4.79 Å². The van der Waals surface area contributed by atoms with Crippen molar-refractivity contribution >= 4 is 34.2 Å². The third-order valence-electron chi connectivity index (χ3n) is 4.37. The summed E-state index contributed by atoms with van der Waals surface area (Å²) in [7, 11) is 3.15. The maximum atomic E-state index is 12.5. The van der Waals surface area contributed by atoms with Crippen molar-refractivity contribution in [3.63, 3.8) is 0 Å². The minimum absolute atomic E-state index is 0.286. The van der Waals surface area contributed by atoms with Crippen LogP contribution >= 0.6 is 11.6 Å². The summed E-state index contributed by atoms with van der Waals surface area (Å²) in [6, 6.07) is 18.3. The number of carbonyl (C=O) groups excluding carboxylic acids is 2. The van der Waals surface area contributed by atoms with Gasteiger partial charge in [0.15, 0.2) is 6.61 Å². The number of methoxy groups -OCH3 is 1. The van der Waals surface area contributed by atoms with Gasteiger partial charge in [0.05, 0.1) is 7.11 Å². The Kier molecular flexibility index (Phi) is 6.16. The third-order valence-corrected chi connectivity index (χ3v) is 4.63. The minimum Gasteiger partial charge on any atom is -0.496 e. The van der Waals surface area contributed by atoms with Crippen molar-refractivity contribution in [2.75, 3.05) is 20.8 Å². The molecular weight excluding hydrogens is 378 g/mol. The molecule has 0 heterocycles. The van der Waals surface area contributed by atoms with Gasteiger partial charge in [-0.15, -0.1) is 0 Å². The molecule has 3 rings (SSSR count). The Morgan fingerprint density at radius 3 is 2.29 bits per heavy atom. The number of rotatable bonds is 6. The number of amides is 1. The minimum atomic E-state index is -0.601. The van der Waals surface area contributed by atoms with Gasteiger partial charge in [-0.25, -0.2) is 4.79 Å². The maximum absolute atomic E-state index is 12.5. The molecule has 0 fully saturated rings. The van der Waals surface area contributed by atoms with Crippen LogP contribution in [0, 0.1) is 0 Å². The lowest BCUT2D eigenvalue weighted by atomic mass is 10.1. The first kappa shape index (κ1) is 19.7. The molecule has 5 nitrogen and oxygen atoms in total. The molecule has 144 valence electrons. The second-order valence-electron chi connectivity index (χ2n) is 6.35. The fourth-order valence-electron chi connectivity index (χ4n) is 2.81. The molecule has 0 radical (unpaired) electrons. The average Bonchev–Trinajstić information content (AvgIpc) is 2.72. The van der Waals surface area contributed by atoms with Gasteiger partial charge in [0.1, 0.15) is 11.3 Å². The predicted octanol–water partition coefficient (Wildman–Crippen LogP) is 4.32. The van der Waals surface area contributed by atoms with Crippen molar-refractivity contribution in [2.45, 2.75) is 6.54 Å². The molecular formula is C22H20ClNO4. The Hall–Kier alpha value is -3.05. The Bertz CT molecular complexity index is 1000. The van der Waals surface area contributed by atoms with Crippen molar-refractivity contribution in [1.29, 1.82) is 0 Å². The van der Waals surface area contributed by atoms with Crippen LogP contribution in [0.5, 0.6) is 5.75 Å². The highest BCUT2D eigenvalue weighted by atomic mass is 35.5. The summed E-state index contributed by atoms with van der Waals surface area (Å²) in [6.07, 6.45) is 0. The van der Waals surface area contributed by atoms with Crippen LogP contribution in [0.1, 0.15) is 15.9 Å². The quantitative estimate of drug-likeness (QED) is 0.581. The number of halogens is 1. The zero-order chi connectivity index (χ0) is 20.1. The summed E-state index contributed by atoms with van der Waals surface area (Å²) in [5.74, 6) is -0.496. The number of hydrogen-bond donors (Lipinski definition) is 0. The maximum Gasteiger partial charge on any atom is 0.342 e. The number of carbonyl (C=O) groups is 2. The zero-order valence-corrected chi connectivity index (χ0v) is 16.4. The highest BCUT2D eigenvalue weighted by Gasteiger charge is 2.18. The standard InChI is InChI=1S/C22H20ClNO4/c1-24(13-15-7-9-18(23)10-8-15)21(25)14-28-22(26)19-11-16-5-3-4-6-17(16)12-20(19)27-2/h3-12H,13-14H2,1-2H3. The van der Waals surface area contributed by atoms with E-state index in [0.29, 0.717) is 17.3 Å². The number of likely N-dealkylation sites (N-methyl/N-ethyl adjacent to an activating group) is 1. The Morgan fingerprint density at radius 2 is 1.64 bits per heavy atom.